The molecule has 2 aromatic rings. The van der Waals surface area contributed by atoms with Crippen LogP contribution >= 0.6 is 0 Å². The van der Waals surface area contributed by atoms with Gasteiger partial charge in [-0.1, -0.05) is 6.07 Å². The molecule has 0 aliphatic heterocycles. The Kier molecular flexibility index (Phi) is 3.50. The number of ether oxygens (including phenoxy) is 1. The summed E-state index contributed by atoms with van der Waals surface area (Å²) in [6, 6.07) is 5.41. The summed E-state index contributed by atoms with van der Waals surface area (Å²) in [5.41, 5.74) is 0. The molecule has 1 atom stereocenters. The van der Waals surface area contributed by atoms with Gasteiger partial charge in [0.05, 0.1) is 12.9 Å². The number of hydrogen-bond acceptors (Lipinski definition) is 4. The lowest BCUT2D eigenvalue weighted by atomic mass is 10.4. The van der Waals surface area contributed by atoms with Crippen molar-refractivity contribution in [2.24, 2.45) is 0 Å². The SMILES string of the molecule is OC(COc1ccccn1)Cn1ccnc1. The topological polar surface area (TPSA) is 60.2 Å². The molecule has 2 aromatic heterocycles. The van der Waals surface area contributed by atoms with Gasteiger partial charge in [0.2, 0.25) is 5.88 Å². The van der Waals surface area contributed by atoms with Crippen molar-refractivity contribution in [1.29, 1.82) is 0 Å². The zero-order valence-corrected chi connectivity index (χ0v) is 8.73. The highest BCUT2D eigenvalue weighted by atomic mass is 16.5. The second-order valence-corrected chi connectivity index (χ2v) is 3.39. The number of imidazole rings is 1. The van der Waals surface area contributed by atoms with Gasteiger partial charge in [0.1, 0.15) is 12.7 Å². The van der Waals surface area contributed by atoms with Gasteiger partial charge in [-0.2, -0.15) is 0 Å². The molecule has 5 nitrogen and oxygen atoms in total. The van der Waals surface area contributed by atoms with Crippen LogP contribution in [0, 0.1) is 0 Å². The maximum absolute atomic E-state index is 9.68. The van der Waals surface area contributed by atoms with E-state index >= 15 is 0 Å². The van der Waals surface area contributed by atoms with Crippen LogP contribution in [0.1, 0.15) is 0 Å². The number of pyridine rings is 1. The normalized spacial score (nSPS) is 12.3. The molecule has 0 saturated heterocycles. The van der Waals surface area contributed by atoms with E-state index in [2.05, 4.69) is 9.97 Å². The molecular formula is C11H13N3O2. The molecule has 0 aromatic carbocycles. The first-order valence-electron chi connectivity index (χ1n) is 5.02. The van der Waals surface area contributed by atoms with E-state index in [9.17, 15) is 5.11 Å². The second kappa shape index (κ2) is 5.27. The van der Waals surface area contributed by atoms with Gasteiger partial charge in [0.15, 0.2) is 0 Å². The minimum atomic E-state index is -0.573. The first-order valence-corrected chi connectivity index (χ1v) is 5.02. The fraction of sp³-hybridized carbons (Fsp3) is 0.273. The van der Waals surface area contributed by atoms with Crippen molar-refractivity contribution in [1.82, 2.24) is 14.5 Å². The minimum absolute atomic E-state index is 0.217. The molecule has 0 spiro atoms. The molecule has 1 N–H and O–H groups in total. The number of hydrogen-bond donors (Lipinski definition) is 1. The number of rotatable bonds is 5. The predicted molar refractivity (Wildman–Crippen MR) is 58.0 cm³/mol. The molecule has 2 heterocycles. The van der Waals surface area contributed by atoms with Crippen LogP contribution < -0.4 is 4.74 Å². The second-order valence-electron chi connectivity index (χ2n) is 3.39. The largest absolute Gasteiger partial charge is 0.475 e. The maximum atomic E-state index is 9.68. The highest BCUT2D eigenvalue weighted by Crippen LogP contribution is 2.04. The molecule has 0 aliphatic carbocycles. The third-order valence-electron chi connectivity index (χ3n) is 2.04. The van der Waals surface area contributed by atoms with Crippen molar-refractivity contribution in [2.45, 2.75) is 12.6 Å². The van der Waals surface area contributed by atoms with Crippen LogP contribution in [0.15, 0.2) is 43.1 Å². The van der Waals surface area contributed by atoms with E-state index in [4.69, 9.17) is 4.74 Å². The van der Waals surface area contributed by atoms with Crippen molar-refractivity contribution in [2.75, 3.05) is 6.61 Å². The molecule has 5 heteroatoms. The zero-order chi connectivity index (χ0) is 11.2. The number of aliphatic hydroxyl groups is 1. The Hall–Kier alpha value is -1.88. The van der Waals surface area contributed by atoms with Crippen molar-refractivity contribution < 1.29 is 9.84 Å². The average Bonchev–Trinajstić information content (AvgIpc) is 2.81. The van der Waals surface area contributed by atoms with Crippen LogP contribution in [-0.4, -0.2) is 32.4 Å². The Labute approximate surface area is 93.3 Å². The molecule has 0 aliphatic rings. The highest BCUT2D eigenvalue weighted by molar-refractivity contribution is 5.09. The first kappa shape index (κ1) is 10.6. The van der Waals surface area contributed by atoms with Gasteiger partial charge < -0.3 is 14.4 Å². The summed E-state index contributed by atoms with van der Waals surface area (Å²) in [5.74, 6) is 0.521. The van der Waals surface area contributed by atoms with E-state index in [1.807, 2.05) is 12.1 Å². The van der Waals surface area contributed by atoms with Crippen molar-refractivity contribution >= 4 is 0 Å². The fourth-order valence-corrected chi connectivity index (χ4v) is 1.30. The molecular weight excluding hydrogens is 206 g/mol. The van der Waals surface area contributed by atoms with E-state index < -0.39 is 6.10 Å². The van der Waals surface area contributed by atoms with E-state index in [0.717, 1.165) is 0 Å². The van der Waals surface area contributed by atoms with Crippen LogP contribution in [0.3, 0.4) is 0 Å². The predicted octanol–water partition coefficient (Wildman–Crippen LogP) is 0.718. The van der Waals surface area contributed by atoms with E-state index in [1.54, 1.807) is 35.6 Å². The number of aliphatic hydroxyl groups excluding tert-OH is 1. The van der Waals surface area contributed by atoms with Crippen molar-refractivity contribution in [3.05, 3.63) is 43.1 Å². The number of nitrogens with zero attached hydrogens (tertiary/aromatic N) is 3. The molecule has 84 valence electrons. The fourth-order valence-electron chi connectivity index (χ4n) is 1.30. The smallest absolute Gasteiger partial charge is 0.213 e. The maximum Gasteiger partial charge on any atom is 0.213 e. The Balaban J connectivity index is 1.78. The van der Waals surface area contributed by atoms with E-state index in [1.165, 1.54) is 0 Å². The molecule has 0 amide bonds. The van der Waals surface area contributed by atoms with E-state index in [0.29, 0.717) is 12.4 Å². The van der Waals surface area contributed by atoms with Gasteiger partial charge in [-0.3, -0.25) is 0 Å². The summed E-state index contributed by atoms with van der Waals surface area (Å²) in [5, 5.41) is 9.68. The summed E-state index contributed by atoms with van der Waals surface area (Å²) in [6.07, 6.45) is 6.20. The van der Waals surface area contributed by atoms with Crippen LogP contribution in [-0.2, 0) is 6.54 Å². The van der Waals surface area contributed by atoms with Crippen LogP contribution in [0.2, 0.25) is 0 Å². The molecule has 1 unspecified atom stereocenters. The monoisotopic (exact) mass is 219 g/mol. The van der Waals surface area contributed by atoms with Gasteiger partial charge >= 0.3 is 0 Å². The van der Waals surface area contributed by atoms with Crippen LogP contribution in [0.5, 0.6) is 5.88 Å². The number of aromatic nitrogens is 3. The lowest BCUT2D eigenvalue weighted by Gasteiger charge is -2.11. The van der Waals surface area contributed by atoms with Crippen LogP contribution in [0.4, 0.5) is 0 Å². The minimum Gasteiger partial charge on any atom is -0.475 e. The summed E-state index contributed by atoms with van der Waals surface area (Å²) >= 11 is 0. The van der Waals surface area contributed by atoms with Crippen molar-refractivity contribution in [3.63, 3.8) is 0 Å². The molecule has 16 heavy (non-hydrogen) atoms. The molecule has 2 rings (SSSR count). The highest BCUT2D eigenvalue weighted by Gasteiger charge is 2.06. The van der Waals surface area contributed by atoms with Gasteiger partial charge in [0.25, 0.3) is 0 Å². The lowest BCUT2D eigenvalue weighted by Crippen LogP contribution is -2.23. The zero-order valence-electron chi connectivity index (χ0n) is 8.73. The molecule has 0 bridgehead atoms. The summed E-state index contributed by atoms with van der Waals surface area (Å²) in [7, 11) is 0. The summed E-state index contributed by atoms with van der Waals surface area (Å²) < 4.78 is 7.12. The average molecular weight is 219 g/mol. The summed E-state index contributed by atoms with van der Waals surface area (Å²) in [6.45, 7) is 0.683. The van der Waals surface area contributed by atoms with E-state index in [-0.39, 0.29) is 6.61 Å². The first-order chi connectivity index (χ1) is 7.84. The molecule has 0 radical (unpaired) electrons. The standard InChI is InChI=1S/C11H13N3O2/c15-10(7-14-6-5-12-9-14)8-16-11-3-1-2-4-13-11/h1-6,9-10,15H,7-8H2. The Bertz CT molecular complexity index is 402. The third kappa shape index (κ3) is 3.06. The molecule has 0 saturated carbocycles. The van der Waals surface area contributed by atoms with Gasteiger partial charge in [-0.15, -0.1) is 0 Å². The van der Waals surface area contributed by atoms with Gasteiger partial charge in [-0.05, 0) is 6.07 Å². The van der Waals surface area contributed by atoms with Crippen molar-refractivity contribution in [3.8, 4) is 5.88 Å². The van der Waals surface area contributed by atoms with Gasteiger partial charge in [-0.25, -0.2) is 9.97 Å². The third-order valence-corrected chi connectivity index (χ3v) is 2.04. The molecule has 0 fully saturated rings. The summed E-state index contributed by atoms with van der Waals surface area (Å²) in [4.78, 5) is 7.89. The lowest BCUT2D eigenvalue weighted by molar-refractivity contribution is 0.0902. The van der Waals surface area contributed by atoms with Crippen LogP contribution in [0.25, 0.3) is 0 Å². The Morgan fingerprint density at radius 1 is 1.38 bits per heavy atom. The van der Waals surface area contributed by atoms with Gasteiger partial charge in [0, 0.05) is 24.7 Å². The quantitative estimate of drug-likeness (QED) is 0.804. The Morgan fingerprint density at radius 2 is 2.31 bits per heavy atom. The Morgan fingerprint density at radius 3 is 3.00 bits per heavy atom.